The normalized spacial score (nSPS) is 14.1. The minimum absolute atomic E-state index is 0.0492. The van der Waals surface area contributed by atoms with Crippen molar-refractivity contribution in [1.82, 2.24) is 10.2 Å². The average molecular weight is 626 g/mol. The molecule has 0 radical (unpaired) electrons. The van der Waals surface area contributed by atoms with Crippen molar-refractivity contribution in [1.29, 1.82) is 0 Å². The number of ether oxygens (including phenoxy) is 2. The van der Waals surface area contributed by atoms with Gasteiger partial charge in [0.05, 0.1) is 24.8 Å². The number of aryl methyl sites for hydroxylation is 1. The number of carbonyl (C=O) groups excluding carboxylic acids is 2. The molecule has 0 aromatic heterocycles. The van der Waals surface area contributed by atoms with Crippen LogP contribution in [-0.4, -0.2) is 58.0 Å². The number of methoxy groups -OCH3 is 2. The van der Waals surface area contributed by atoms with Crippen molar-refractivity contribution in [2.24, 2.45) is 0 Å². The first-order chi connectivity index (χ1) is 21.1. The Bertz CT molecular complexity index is 1560. The van der Waals surface area contributed by atoms with E-state index in [1.165, 1.54) is 49.5 Å². The van der Waals surface area contributed by atoms with Gasteiger partial charge in [0, 0.05) is 18.7 Å². The summed E-state index contributed by atoms with van der Waals surface area (Å²) in [7, 11) is -1.55. The molecule has 44 heavy (non-hydrogen) atoms. The highest BCUT2D eigenvalue weighted by molar-refractivity contribution is 7.92. The van der Waals surface area contributed by atoms with Crippen LogP contribution in [0.1, 0.15) is 50.2 Å². The summed E-state index contributed by atoms with van der Waals surface area (Å²) in [5.41, 5.74) is 1.86. The van der Waals surface area contributed by atoms with Gasteiger partial charge >= 0.3 is 0 Å². The maximum atomic E-state index is 14.3. The molecular formula is C33H40FN3O6S. The van der Waals surface area contributed by atoms with E-state index in [1.807, 2.05) is 38.1 Å². The van der Waals surface area contributed by atoms with E-state index in [9.17, 15) is 22.4 Å². The lowest BCUT2D eigenvalue weighted by Crippen LogP contribution is -2.53. The molecule has 11 heteroatoms. The number of nitrogens with one attached hydrogen (secondary N) is 1. The van der Waals surface area contributed by atoms with E-state index in [4.69, 9.17) is 9.47 Å². The van der Waals surface area contributed by atoms with E-state index in [0.29, 0.717) is 12.2 Å². The first-order valence-corrected chi connectivity index (χ1v) is 16.2. The van der Waals surface area contributed by atoms with Crippen LogP contribution in [-0.2, 0) is 26.2 Å². The summed E-state index contributed by atoms with van der Waals surface area (Å²) in [6.07, 6.45) is 4.17. The Labute approximate surface area is 259 Å². The largest absolute Gasteiger partial charge is 0.493 e. The zero-order chi connectivity index (χ0) is 31.9. The number of hydrogen-bond acceptors (Lipinski definition) is 6. The van der Waals surface area contributed by atoms with Gasteiger partial charge in [-0.1, -0.05) is 44.0 Å². The zero-order valence-electron chi connectivity index (χ0n) is 25.6. The molecule has 0 heterocycles. The first-order valence-electron chi connectivity index (χ1n) is 14.7. The molecule has 236 valence electrons. The van der Waals surface area contributed by atoms with Crippen molar-refractivity contribution in [3.8, 4) is 11.5 Å². The average Bonchev–Trinajstić information content (AvgIpc) is 3.53. The standard InChI is InChI=1S/C33H40FN3O6S/c1-5-29(33(39)35-26-12-8-9-13-26)36(21-24-11-7-6-10-23(24)2)32(38)22-37(27-16-14-25(34)15-17-27)44(40,41)28-18-19-30(42-3)31(20-28)43-4/h6-7,10-11,14-20,26,29H,5,8-9,12-13,21-22H2,1-4H3,(H,35,39)/t29-/m0/s1. The Kier molecular flexibility index (Phi) is 10.9. The molecule has 9 nitrogen and oxygen atoms in total. The number of amides is 2. The number of carbonyl (C=O) groups is 2. The van der Waals surface area contributed by atoms with Crippen LogP contribution in [0.2, 0.25) is 0 Å². The van der Waals surface area contributed by atoms with E-state index >= 15 is 0 Å². The smallest absolute Gasteiger partial charge is 0.264 e. The molecule has 0 aliphatic heterocycles. The summed E-state index contributed by atoms with van der Waals surface area (Å²) in [4.78, 5) is 29.2. The summed E-state index contributed by atoms with van der Waals surface area (Å²) in [5.74, 6) is -0.874. The van der Waals surface area contributed by atoms with Gasteiger partial charge in [-0.25, -0.2) is 12.8 Å². The lowest BCUT2D eigenvalue weighted by Gasteiger charge is -2.34. The Morgan fingerprint density at radius 2 is 1.64 bits per heavy atom. The van der Waals surface area contributed by atoms with Gasteiger partial charge in [-0.2, -0.15) is 0 Å². The van der Waals surface area contributed by atoms with Crippen molar-refractivity contribution < 1.29 is 31.9 Å². The predicted molar refractivity (Wildman–Crippen MR) is 167 cm³/mol. The quantitative estimate of drug-likeness (QED) is 0.280. The summed E-state index contributed by atoms with van der Waals surface area (Å²) in [6.45, 7) is 3.23. The molecule has 3 aromatic carbocycles. The molecule has 1 saturated carbocycles. The van der Waals surface area contributed by atoms with Gasteiger partial charge in [-0.3, -0.25) is 13.9 Å². The van der Waals surface area contributed by atoms with Crippen molar-refractivity contribution in [2.75, 3.05) is 25.1 Å². The molecule has 1 aliphatic carbocycles. The second kappa shape index (κ2) is 14.6. The fourth-order valence-corrected chi connectivity index (χ4v) is 6.93. The SMILES string of the molecule is CC[C@@H](C(=O)NC1CCCC1)N(Cc1ccccc1C)C(=O)CN(c1ccc(F)cc1)S(=O)(=O)c1ccc(OC)c(OC)c1. The maximum Gasteiger partial charge on any atom is 0.264 e. The number of nitrogens with zero attached hydrogens (tertiary/aromatic N) is 2. The Morgan fingerprint density at radius 3 is 2.25 bits per heavy atom. The number of anilines is 1. The van der Waals surface area contributed by atoms with E-state index in [2.05, 4.69) is 5.32 Å². The van der Waals surface area contributed by atoms with Gasteiger partial charge < -0.3 is 19.7 Å². The number of rotatable bonds is 13. The molecule has 0 spiro atoms. The predicted octanol–water partition coefficient (Wildman–Crippen LogP) is 5.21. The van der Waals surface area contributed by atoms with Gasteiger partial charge in [-0.05, 0) is 73.7 Å². The second-order valence-corrected chi connectivity index (χ2v) is 12.7. The molecule has 2 amide bonds. The fourth-order valence-electron chi connectivity index (χ4n) is 5.50. The molecule has 1 fully saturated rings. The fraction of sp³-hybridized carbons (Fsp3) is 0.394. The van der Waals surface area contributed by atoms with Gasteiger partial charge in [0.2, 0.25) is 11.8 Å². The number of hydrogen-bond donors (Lipinski definition) is 1. The van der Waals surface area contributed by atoms with Crippen molar-refractivity contribution in [2.45, 2.75) is 69.5 Å². The highest BCUT2D eigenvalue weighted by Gasteiger charge is 2.35. The lowest BCUT2D eigenvalue weighted by molar-refractivity contribution is -0.140. The van der Waals surface area contributed by atoms with Crippen LogP contribution in [0.4, 0.5) is 10.1 Å². The third kappa shape index (κ3) is 7.50. The zero-order valence-corrected chi connectivity index (χ0v) is 26.4. The molecule has 1 N–H and O–H groups in total. The number of benzene rings is 3. The van der Waals surface area contributed by atoms with Crippen molar-refractivity contribution in [3.63, 3.8) is 0 Å². The summed E-state index contributed by atoms with van der Waals surface area (Å²) < 4.78 is 53.7. The highest BCUT2D eigenvalue weighted by Crippen LogP contribution is 2.32. The molecule has 0 saturated heterocycles. The summed E-state index contributed by atoms with van der Waals surface area (Å²) in [6, 6.07) is 15.8. The van der Waals surface area contributed by atoms with E-state index in [-0.39, 0.29) is 34.8 Å². The van der Waals surface area contributed by atoms with E-state index < -0.39 is 34.3 Å². The van der Waals surface area contributed by atoms with Crippen LogP contribution >= 0.6 is 0 Å². The molecule has 0 unspecified atom stereocenters. The van der Waals surface area contributed by atoms with Crippen LogP contribution in [0.15, 0.2) is 71.6 Å². The minimum atomic E-state index is -4.38. The maximum absolute atomic E-state index is 14.3. The minimum Gasteiger partial charge on any atom is -0.493 e. The van der Waals surface area contributed by atoms with Crippen LogP contribution in [0.5, 0.6) is 11.5 Å². The monoisotopic (exact) mass is 625 g/mol. The highest BCUT2D eigenvalue weighted by atomic mass is 32.2. The van der Waals surface area contributed by atoms with Crippen LogP contribution in [0.25, 0.3) is 0 Å². The Morgan fingerprint density at radius 1 is 0.977 bits per heavy atom. The topological polar surface area (TPSA) is 105 Å². The first kappa shape index (κ1) is 32.8. The molecule has 4 rings (SSSR count). The molecule has 3 aromatic rings. The number of halogens is 1. The molecule has 1 atom stereocenters. The Hall–Kier alpha value is -4.12. The summed E-state index contributed by atoms with van der Waals surface area (Å²) in [5, 5.41) is 3.10. The molecule has 0 bridgehead atoms. The van der Waals surface area contributed by atoms with Gasteiger partial charge in [-0.15, -0.1) is 0 Å². The third-order valence-corrected chi connectivity index (χ3v) is 9.80. The van der Waals surface area contributed by atoms with Crippen LogP contribution in [0.3, 0.4) is 0 Å². The van der Waals surface area contributed by atoms with Crippen molar-refractivity contribution in [3.05, 3.63) is 83.7 Å². The third-order valence-electron chi connectivity index (χ3n) is 8.03. The van der Waals surface area contributed by atoms with Crippen molar-refractivity contribution >= 4 is 27.5 Å². The summed E-state index contributed by atoms with van der Waals surface area (Å²) >= 11 is 0. The molecule has 1 aliphatic rings. The van der Waals surface area contributed by atoms with Gasteiger partial charge in [0.15, 0.2) is 11.5 Å². The van der Waals surface area contributed by atoms with E-state index in [1.54, 1.807) is 0 Å². The van der Waals surface area contributed by atoms with Crippen LogP contribution in [0, 0.1) is 12.7 Å². The second-order valence-electron chi connectivity index (χ2n) is 10.9. The van der Waals surface area contributed by atoms with Crippen LogP contribution < -0.4 is 19.1 Å². The molecular weight excluding hydrogens is 585 g/mol. The van der Waals surface area contributed by atoms with E-state index in [0.717, 1.165) is 53.2 Å². The Balaban J connectivity index is 1.75. The van der Waals surface area contributed by atoms with Gasteiger partial charge in [0.1, 0.15) is 18.4 Å². The number of sulfonamides is 1. The van der Waals surface area contributed by atoms with Gasteiger partial charge in [0.25, 0.3) is 10.0 Å². The lowest BCUT2D eigenvalue weighted by atomic mass is 10.1.